The van der Waals surface area contributed by atoms with Crippen molar-refractivity contribution in [1.82, 2.24) is 4.90 Å². The average molecular weight is 518 g/mol. The van der Waals surface area contributed by atoms with Gasteiger partial charge in [-0.15, -0.1) is 6.58 Å². The van der Waals surface area contributed by atoms with Crippen LogP contribution in [0.4, 0.5) is 0 Å². The van der Waals surface area contributed by atoms with Crippen LogP contribution in [0.1, 0.15) is 84.3 Å². The largest absolute Gasteiger partial charge is 0.490 e. The molecule has 0 N–H and O–H groups in total. The number of rotatable bonds is 9. The van der Waals surface area contributed by atoms with Crippen molar-refractivity contribution in [3.63, 3.8) is 0 Å². The van der Waals surface area contributed by atoms with Gasteiger partial charge in [0.15, 0.2) is 23.1 Å². The maximum Gasteiger partial charge on any atom is 0.165 e. The van der Waals surface area contributed by atoms with E-state index in [1.54, 1.807) is 6.08 Å². The molecule has 204 valence electrons. The molecule has 0 radical (unpaired) electrons. The van der Waals surface area contributed by atoms with Gasteiger partial charge in [-0.2, -0.15) is 0 Å². The van der Waals surface area contributed by atoms with Gasteiger partial charge in [0.05, 0.1) is 6.61 Å². The zero-order valence-corrected chi connectivity index (χ0v) is 24.0. The number of allylic oxidation sites excluding steroid dienone is 5. The van der Waals surface area contributed by atoms with Gasteiger partial charge in [0.2, 0.25) is 0 Å². The van der Waals surface area contributed by atoms with E-state index in [0.717, 1.165) is 53.1 Å². The number of hydrogen-bond donors (Lipinski definition) is 0. The number of hydrogen-bond acceptors (Lipinski definition) is 5. The van der Waals surface area contributed by atoms with Gasteiger partial charge >= 0.3 is 0 Å². The summed E-state index contributed by atoms with van der Waals surface area (Å²) in [6.45, 7) is 22.0. The Balaban J connectivity index is 2.02. The molecule has 0 fully saturated rings. The van der Waals surface area contributed by atoms with Crippen molar-refractivity contribution in [2.45, 2.75) is 79.6 Å². The van der Waals surface area contributed by atoms with E-state index in [1.165, 1.54) is 0 Å². The molecule has 0 saturated heterocycles. The zero-order chi connectivity index (χ0) is 27.8. The second kappa shape index (κ2) is 10.6. The number of benzene rings is 1. The quantitative estimate of drug-likeness (QED) is 0.328. The van der Waals surface area contributed by atoms with E-state index in [0.29, 0.717) is 44.0 Å². The van der Waals surface area contributed by atoms with E-state index in [2.05, 4.69) is 58.7 Å². The summed E-state index contributed by atoms with van der Waals surface area (Å²) in [6.07, 6.45) is 6.69. The minimum absolute atomic E-state index is 0.132. The first kappa shape index (κ1) is 27.9. The molecule has 38 heavy (non-hydrogen) atoms. The fraction of sp³-hybridized carbons (Fsp3) is 0.515. The van der Waals surface area contributed by atoms with Crippen molar-refractivity contribution in [3.05, 3.63) is 71.1 Å². The van der Waals surface area contributed by atoms with Crippen LogP contribution in [0, 0.1) is 10.8 Å². The normalized spacial score (nSPS) is 20.7. The first-order valence-corrected chi connectivity index (χ1v) is 13.9. The maximum atomic E-state index is 13.9. The highest BCUT2D eigenvalue weighted by molar-refractivity contribution is 6.06. The van der Waals surface area contributed by atoms with Crippen molar-refractivity contribution in [1.29, 1.82) is 0 Å². The molecule has 1 heterocycles. The molecule has 0 unspecified atom stereocenters. The van der Waals surface area contributed by atoms with Gasteiger partial charge in [0, 0.05) is 53.4 Å². The minimum Gasteiger partial charge on any atom is -0.490 e. The van der Waals surface area contributed by atoms with Crippen LogP contribution >= 0.6 is 0 Å². The Hall–Kier alpha value is -3.08. The Kier molecular flexibility index (Phi) is 7.79. The molecule has 0 amide bonds. The lowest BCUT2D eigenvalue weighted by atomic mass is 9.63. The number of carbonyl (C=O) groups is 2. The average Bonchev–Trinajstić information content (AvgIpc) is 2.81. The Morgan fingerprint density at radius 1 is 0.895 bits per heavy atom. The molecule has 5 nitrogen and oxygen atoms in total. The molecule has 1 aliphatic heterocycles. The van der Waals surface area contributed by atoms with Crippen LogP contribution in [0.15, 0.2) is 60.0 Å². The summed E-state index contributed by atoms with van der Waals surface area (Å²) in [6, 6.07) is 4.07. The maximum absolute atomic E-state index is 13.9. The summed E-state index contributed by atoms with van der Waals surface area (Å²) < 4.78 is 12.1. The van der Waals surface area contributed by atoms with Gasteiger partial charge in [0.25, 0.3) is 0 Å². The van der Waals surface area contributed by atoms with Crippen LogP contribution in [-0.2, 0) is 16.0 Å². The molecule has 4 rings (SSSR count). The van der Waals surface area contributed by atoms with E-state index in [1.807, 2.05) is 19.1 Å². The highest BCUT2D eigenvalue weighted by Crippen LogP contribution is 2.55. The van der Waals surface area contributed by atoms with E-state index < -0.39 is 5.92 Å². The smallest absolute Gasteiger partial charge is 0.165 e. The van der Waals surface area contributed by atoms with Crippen molar-refractivity contribution >= 4 is 11.6 Å². The predicted octanol–water partition coefficient (Wildman–Crippen LogP) is 7.08. The molecule has 0 aromatic heterocycles. The molecular formula is C33H43NO4. The van der Waals surface area contributed by atoms with E-state index >= 15 is 0 Å². The van der Waals surface area contributed by atoms with Crippen molar-refractivity contribution < 1.29 is 19.1 Å². The Labute approximate surface area is 228 Å². The van der Waals surface area contributed by atoms with Gasteiger partial charge in [0.1, 0.15) is 6.61 Å². The Morgan fingerprint density at radius 3 is 1.95 bits per heavy atom. The second-order valence-electron chi connectivity index (χ2n) is 12.3. The molecule has 2 aliphatic carbocycles. The number of carbonyl (C=O) groups excluding carboxylic acids is 2. The lowest BCUT2D eigenvalue weighted by molar-refractivity contribution is -0.119. The van der Waals surface area contributed by atoms with Gasteiger partial charge in [-0.05, 0) is 55.6 Å². The van der Waals surface area contributed by atoms with Crippen LogP contribution in [-0.4, -0.2) is 36.2 Å². The zero-order valence-electron chi connectivity index (χ0n) is 24.0. The van der Waals surface area contributed by atoms with E-state index in [4.69, 9.17) is 9.47 Å². The molecular weight excluding hydrogens is 474 g/mol. The fourth-order valence-electron chi connectivity index (χ4n) is 6.49. The van der Waals surface area contributed by atoms with E-state index in [-0.39, 0.29) is 22.4 Å². The minimum atomic E-state index is -0.411. The second-order valence-corrected chi connectivity index (χ2v) is 12.3. The van der Waals surface area contributed by atoms with Crippen LogP contribution in [0.2, 0.25) is 0 Å². The topological polar surface area (TPSA) is 55.8 Å². The van der Waals surface area contributed by atoms with Gasteiger partial charge < -0.3 is 14.4 Å². The summed E-state index contributed by atoms with van der Waals surface area (Å²) in [5.74, 6) is 1.15. The van der Waals surface area contributed by atoms with Gasteiger partial charge in [-0.3, -0.25) is 9.59 Å². The summed E-state index contributed by atoms with van der Waals surface area (Å²) in [5.41, 5.74) is 5.30. The third kappa shape index (κ3) is 5.12. The fourth-order valence-corrected chi connectivity index (χ4v) is 6.49. The molecule has 0 bridgehead atoms. The molecule has 0 spiro atoms. The van der Waals surface area contributed by atoms with Crippen LogP contribution < -0.4 is 9.47 Å². The van der Waals surface area contributed by atoms with Crippen LogP contribution in [0.5, 0.6) is 11.5 Å². The molecule has 1 aromatic carbocycles. The molecule has 1 aromatic rings. The molecule has 5 heteroatoms. The van der Waals surface area contributed by atoms with Gasteiger partial charge in [-0.1, -0.05) is 52.5 Å². The summed E-state index contributed by atoms with van der Waals surface area (Å²) >= 11 is 0. The van der Waals surface area contributed by atoms with Crippen LogP contribution in [0.3, 0.4) is 0 Å². The predicted molar refractivity (Wildman–Crippen MR) is 152 cm³/mol. The summed E-state index contributed by atoms with van der Waals surface area (Å²) in [5, 5.41) is 0. The van der Waals surface area contributed by atoms with Crippen molar-refractivity contribution in [2.75, 3.05) is 19.8 Å². The number of ketones is 2. The first-order chi connectivity index (χ1) is 18.0. The number of ether oxygens (including phenoxy) is 2. The number of nitrogens with zero attached hydrogens (tertiary/aromatic N) is 1. The van der Waals surface area contributed by atoms with E-state index in [9.17, 15) is 9.59 Å². The SMILES string of the molecule is C=CCOc1c(CC=C)cc(C2C3=C(CC(C)(C)CC3=O)N(CC)C3=C2C(=O)CC(C)(C)C3)cc1OCC. The summed E-state index contributed by atoms with van der Waals surface area (Å²) in [7, 11) is 0. The lowest BCUT2D eigenvalue weighted by Gasteiger charge is -2.49. The Morgan fingerprint density at radius 2 is 1.47 bits per heavy atom. The monoisotopic (exact) mass is 517 g/mol. The van der Waals surface area contributed by atoms with Gasteiger partial charge in [-0.25, -0.2) is 0 Å². The third-order valence-corrected chi connectivity index (χ3v) is 7.84. The highest BCUT2D eigenvalue weighted by Gasteiger charge is 2.48. The molecule has 0 atom stereocenters. The molecule has 3 aliphatic rings. The number of Topliss-reactive ketones (excluding diaryl/α,β-unsaturated/α-hetero) is 2. The van der Waals surface area contributed by atoms with Crippen LogP contribution in [0.25, 0.3) is 0 Å². The third-order valence-electron chi connectivity index (χ3n) is 7.84. The summed E-state index contributed by atoms with van der Waals surface area (Å²) in [4.78, 5) is 30.1. The first-order valence-electron chi connectivity index (χ1n) is 13.9. The lowest BCUT2D eigenvalue weighted by Crippen LogP contribution is -2.44. The highest BCUT2D eigenvalue weighted by atomic mass is 16.5. The Bertz CT molecular complexity index is 1180. The van der Waals surface area contributed by atoms with Crippen molar-refractivity contribution in [2.24, 2.45) is 10.8 Å². The standard InChI is InChI=1S/C33H43NO4/c1-9-13-21-15-22(16-27(37-12-4)31(21)38-14-10-2)28-29-23(17-32(5,6)19-25(29)35)34(11-3)24-18-33(7,8)20-26(36)30(24)28/h9-10,15-16,28H,1-2,11-14,17-20H2,3-8H3. The molecule has 0 saturated carbocycles. The van der Waals surface area contributed by atoms with Crippen molar-refractivity contribution in [3.8, 4) is 11.5 Å².